The molecule has 1 unspecified atom stereocenters. The molecular formula is C13H16N4O2S. The molecule has 1 aromatic carbocycles. The Hall–Kier alpha value is -1.89. The molecule has 0 saturated heterocycles. The lowest BCUT2D eigenvalue weighted by atomic mass is 10.1. The smallest absolute Gasteiger partial charge is 0.303 e. The number of thioether (sulfide) groups is 1. The molecular weight excluding hydrogens is 276 g/mol. The monoisotopic (exact) mass is 292 g/mol. The van der Waals surface area contributed by atoms with Crippen LogP contribution < -0.4 is 0 Å². The van der Waals surface area contributed by atoms with Crippen LogP contribution in [0.4, 0.5) is 0 Å². The minimum atomic E-state index is -0.800. The van der Waals surface area contributed by atoms with Crippen molar-refractivity contribution < 1.29 is 9.90 Å². The molecule has 1 heterocycles. The van der Waals surface area contributed by atoms with Crippen molar-refractivity contribution in [3.63, 3.8) is 0 Å². The van der Waals surface area contributed by atoms with Gasteiger partial charge in [0.15, 0.2) is 5.82 Å². The quantitative estimate of drug-likeness (QED) is 0.787. The third-order valence-corrected chi connectivity index (χ3v) is 3.73. The average molecular weight is 292 g/mol. The second kappa shape index (κ2) is 7.04. The number of rotatable bonds is 7. The topological polar surface area (TPSA) is 80.9 Å². The first-order chi connectivity index (χ1) is 9.65. The van der Waals surface area contributed by atoms with Crippen molar-refractivity contribution in [1.29, 1.82) is 0 Å². The molecule has 0 aliphatic heterocycles. The summed E-state index contributed by atoms with van der Waals surface area (Å²) in [6.45, 7) is 2.40. The van der Waals surface area contributed by atoms with Crippen LogP contribution in [0.25, 0.3) is 0 Å². The number of aromatic nitrogens is 4. The van der Waals surface area contributed by atoms with Gasteiger partial charge in [-0.05, 0) is 28.5 Å². The van der Waals surface area contributed by atoms with E-state index in [1.54, 1.807) is 16.4 Å². The van der Waals surface area contributed by atoms with E-state index in [4.69, 9.17) is 5.11 Å². The highest BCUT2D eigenvalue weighted by molar-refractivity contribution is 7.98. The molecule has 2 rings (SSSR count). The Morgan fingerprint density at radius 2 is 2.15 bits per heavy atom. The molecule has 0 radical (unpaired) electrons. The van der Waals surface area contributed by atoms with Crippen LogP contribution >= 0.6 is 11.8 Å². The minimum absolute atomic E-state index is 0.00326. The van der Waals surface area contributed by atoms with E-state index in [0.717, 1.165) is 10.7 Å². The van der Waals surface area contributed by atoms with Crippen LogP contribution in [-0.4, -0.2) is 31.3 Å². The average Bonchev–Trinajstić information content (AvgIpc) is 2.84. The number of hydrogen-bond donors (Lipinski definition) is 1. The Labute approximate surface area is 121 Å². The maximum Gasteiger partial charge on any atom is 0.303 e. The molecule has 2 aromatic rings. The number of carboxylic acids is 1. The Balaban J connectivity index is 1.93. The fraction of sp³-hybridized carbons (Fsp3) is 0.385. The Kier molecular flexibility index (Phi) is 5.11. The fourth-order valence-corrected chi connectivity index (χ4v) is 2.64. The van der Waals surface area contributed by atoms with E-state index in [1.165, 1.54) is 0 Å². The number of carboxylic acid groups (broad SMARTS) is 1. The third-order valence-electron chi connectivity index (χ3n) is 2.72. The van der Waals surface area contributed by atoms with Gasteiger partial charge in [-0.25, -0.2) is 4.68 Å². The third kappa shape index (κ3) is 4.34. The summed E-state index contributed by atoms with van der Waals surface area (Å²) in [5, 5.41) is 20.4. The van der Waals surface area contributed by atoms with Crippen LogP contribution in [0, 0.1) is 5.92 Å². The van der Waals surface area contributed by atoms with Gasteiger partial charge in [-0.3, -0.25) is 4.79 Å². The highest BCUT2D eigenvalue weighted by atomic mass is 32.2. The van der Waals surface area contributed by atoms with Gasteiger partial charge >= 0.3 is 5.97 Å². The molecule has 0 aliphatic carbocycles. The highest BCUT2D eigenvalue weighted by Gasteiger charge is 2.13. The lowest BCUT2D eigenvalue weighted by Crippen LogP contribution is -2.15. The lowest BCUT2D eigenvalue weighted by molar-refractivity contribution is -0.138. The summed E-state index contributed by atoms with van der Waals surface area (Å²) in [6, 6.07) is 10.0. The van der Waals surface area contributed by atoms with Crippen molar-refractivity contribution in [2.75, 3.05) is 0 Å². The standard InChI is InChI=1S/C13H16N4O2S/c1-10(7-13(18)19)8-17-12(14-15-16-17)9-20-11-5-3-2-4-6-11/h2-6,10H,7-9H2,1H3,(H,18,19). The van der Waals surface area contributed by atoms with Crippen molar-refractivity contribution in [3.05, 3.63) is 36.2 Å². The molecule has 1 aromatic heterocycles. The summed E-state index contributed by atoms with van der Waals surface area (Å²) in [7, 11) is 0. The molecule has 0 amide bonds. The number of carbonyl (C=O) groups is 1. The Morgan fingerprint density at radius 3 is 2.85 bits per heavy atom. The number of tetrazole rings is 1. The number of benzene rings is 1. The first-order valence-corrected chi connectivity index (χ1v) is 7.28. The molecule has 1 N–H and O–H groups in total. The normalized spacial score (nSPS) is 12.2. The summed E-state index contributed by atoms with van der Waals surface area (Å²) >= 11 is 1.65. The van der Waals surface area contributed by atoms with Gasteiger partial charge in [0.25, 0.3) is 0 Å². The van der Waals surface area contributed by atoms with E-state index in [2.05, 4.69) is 15.5 Å². The Morgan fingerprint density at radius 1 is 1.40 bits per heavy atom. The summed E-state index contributed by atoms with van der Waals surface area (Å²) in [4.78, 5) is 11.8. The second-order valence-electron chi connectivity index (χ2n) is 4.58. The molecule has 0 saturated carbocycles. The van der Waals surface area contributed by atoms with Crippen LogP contribution in [-0.2, 0) is 17.1 Å². The van der Waals surface area contributed by atoms with Gasteiger partial charge in [-0.2, -0.15) is 0 Å². The molecule has 0 bridgehead atoms. The van der Waals surface area contributed by atoms with Gasteiger partial charge in [0, 0.05) is 17.9 Å². The van der Waals surface area contributed by atoms with Crippen molar-refractivity contribution >= 4 is 17.7 Å². The van der Waals surface area contributed by atoms with Crippen LogP contribution in [0.15, 0.2) is 35.2 Å². The van der Waals surface area contributed by atoms with E-state index in [9.17, 15) is 4.79 Å². The van der Waals surface area contributed by atoms with E-state index in [1.807, 2.05) is 37.3 Å². The van der Waals surface area contributed by atoms with E-state index in [-0.39, 0.29) is 12.3 Å². The maximum atomic E-state index is 10.7. The van der Waals surface area contributed by atoms with E-state index < -0.39 is 5.97 Å². The highest BCUT2D eigenvalue weighted by Crippen LogP contribution is 2.21. The van der Waals surface area contributed by atoms with Gasteiger partial charge in [-0.15, -0.1) is 16.9 Å². The summed E-state index contributed by atoms with van der Waals surface area (Å²) in [6.07, 6.45) is 0.116. The van der Waals surface area contributed by atoms with Crippen molar-refractivity contribution in [1.82, 2.24) is 20.2 Å². The lowest BCUT2D eigenvalue weighted by Gasteiger charge is -2.09. The molecule has 20 heavy (non-hydrogen) atoms. The number of nitrogens with zero attached hydrogens (tertiary/aromatic N) is 4. The maximum absolute atomic E-state index is 10.7. The van der Waals surface area contributed by atoms with E-state index in [0.29, 0.717) is 12.3 Å². The van der Waals surface area contributed by atoms with Gasteiger partial charge in [0.05, 0.1) is 5.75 Å². The predicted molar refractivity (Wildman–Crippen MR) is 75.2 cm³/mol. The van der Waals surface area contributed by atoms with Crippen LogP contribution in [0.2, 0.25) is 0 Å². The summed E-state index contributed by atoms with van der Waals surface area (Å²) in [5.74, 6) is 0.620. The van der Waals surface area contributed by atoms with Crippen molar-refractivity contribution in [2.45, 2.75) is 30.5 Å². The molecule has 0 fully saturated rings. The van der Waals surface area contributed by atoms with Crippen molar-refractivity contribution in [2.24, 2.45) is 5.92 Å². The molecule has 0 spiro atoms. The minimum Gasteiger partial charge on any atom is -0.481 e. The van der Waals surface area contributed by atoms with Gasteiger partial charge in [0.1, 0.15) is 0 Å². The van der Waals surface area contributed by atoms with Gasteiger partial charge < -0.3 is 5.11 Å². The molecule has 6 nitrogen and oxygen atoms in total. The molecule has 1 atom stereocenters. The van der Waals surface area contributed by atoms with Crippen LogP contribution in [0.3, 0.4) is 0 Å². The largest absolute Gasteiger partial charge is 0.481 e. The Bertz CT molecular complexity index is 559. The summed E-state index contributed by atoms with van der Waals surface area (Å²) in [5.41, 5.74) is 0. The van der Waals surface area contributed by atoms with E-state index >= 15 is 0 Å². The first kappa shape index (κ1) is 14.5. The van der Waals surface area contributed by atoms with Crippen LogP contribution in [0.1, 0.15) is 19.2 Å². The number of aliphatic carboxylic acids is 1. The predicted octanol–water partition coefficient (Wildman–Crippen LogP) is 2.08. The first-order valence-electron chi connectivity index (χ1n) is 6.30. The SMILES string of the molecule is CC(CC(=O)O)Cn1nnnc1CSc1ccccc1. The van der Waals surface area contributed by atoms with Gasteiger partial charge in [-0.1, -0.05) is 25.1 Å². The van der Waals surface area contributed by atoms with Gasteiger partial charge in [0.2, 0.25) is 0 Å². The summed E-state index contributed by atoms with van der Waals surface area (Å²) < 4.78 is 1.68. The van der Waals surface area contributed by atoms with Crippen molar-refractivity contribution in [3.8, 4) is 0 Å². The molecule has 7 heteroatoms. The zero-order valence-electron chi connectivity index (χ0n) is 11.1. The molecule has 0 aliphatic rings. The zero-order valence-corrected chi connectivity index (χ0v) is 12.0. The fourth-order valence-electron chi connectivity index (χ4n) is 1.79. The molecule has 106 valence electrons. The number of hydrogen-bond acceptors (Lipinski definition) is 5. The zero-order chi connectivity index (χ0) is 14.4. The van der Waals surface area contributed by atoms with Crippen LogP contribution in [0.5, 0.6) is 0 Å². The second-order valence-corrected chi connectivity index (χ2v) is 5.63.